The van der Waals surface area contributed by atoms with Gasteiger partial charge in [-0.25, -0.2) is 0 Å². The van der Waals surface area contributed by atoms with Gasteiger partial charge in [-0.05, 0) is 0 Å². The van der Waals surface area contributed by atoms with Crippen LogP contribution in [0.5, 0.6) is 0 Å². The summed E-state index contributed by atoms with van der Waals surface area (Å²) >= 11 is 1.06. The first-order chi connectivity index (χ1) is 3.56. The van der Waals surface area contributed by atoms with Crippen LogP contribution in [-0.4, -0.2) is 41.2 Å². The zero-order valence-corrected chi connectivity index (χ0v) is 8.48. The van der Waals surface area contributed by atoms with Gasteiger partial charge in [-0.2, -0.15) is 0 Å². The van der Waals surface area contributed by atoms with Crippen LogP contribution in [0.15, 0.2) is 0 Å². The first-order valence-corrected chi connectivity index (χ1v) is 6.15. The van der Waals surface area contributed by atoms with Crippen LogP contribution in [0.2, 0.25) is 4.44 Å². The number of hydrogen-bond donors (Lipinski definition) is 1. The molecule has 0 spiro atoms. The Morgan fingerprint density at radius 3 is 2.12 bits per heavy atom. The Morgan fingerprint density at radius 1 is 1.50 bits per heavy atom. The standard InChI is InChI=1S/C3H7O3S.Sn.H/c1-2-3-7(4,5)6;;/h1-3H2,(H,4,5,6);;. The molecule has 0 aliphatic carbocycles. The van der Waals surface area contributed by atoms with Crippen molar-refractivity contribution in [3.63, 3.8) is 0 Å². The maximum atomic E-state index is 9.96. The van der Waals surface area contributed by atoms with Gasteiger partial charge < -0.3 is 0 Å². The fraction of sp³-hybridized carbons (Fsp3) is 1.00. The summed E-state index contributed by atoms with van der Waals surface area (Å²) in [6.45, 7) is 0. The Bertz CT molecular complexity index is 139. The molecule has 5 heteroatoms. The molecule has 0 aliphatic rings. The van der Waals surface area contributed by atoms with Gasteiger partial charge in [0.25, 0.3) is 0 Å². The second-order valence-corrected chi connectivity index (χ2v) is 4.65. The van der Waals surface area contributed by atoms with Crippen LogP contribution < -0.4 is 0 Å². The summed E-state index contributed by atoms with van der Waals surface area (Å²) in [6, 6.07) is 0. The van der Waals surface area contributed by atoms with E-state index >= 15 is 0 Å². The van der Waals surface area contributed by atoms with Gasteiger partial charge >= 0.3 is 62.2 Å². The van der Waals surface area contributed by atoms with Crippen LogP contribution in [0.1, 0.15) is 6.42 Å². The number of rotatable bonds is 3. The average molecular weight is 243 g/mol. The third kappa shape index (κ3) is 6.71. The van der Waals surface area contributed by atoms with Gasteiger partial charge in [0.15, 0.2) is 0 Å². The van der Waals surface area contributed by atoms with Crippen molar-refractivity contribution in [2.45, 2.75) is 10.9 Å². The van der Waals surface area contributed by atoms with Gasteiger partial charge in [0.1, 0.15) is 0 Å². The van der Waals surface area contributed by atoms with Crippen molar-refractivity contribution in [1.29, 1.82) is 0 Å². The van der Waals surface area contributed by atoms with Crippen molar-refractivity contribution < 1.29 is 13.0 Å². The van der Waals surface area contributed by atoms with E-state index in [1.165, 1.54) is 0 Å². The Hall–Kier alpha value is 0.709. The van der Waals surface area contributed by atoms with Gasteiger partial charge in [0, 0.05) is 0 Å². The molecule has 0 aromatic rings. The van der Waals surface area contributed by atoms with Crippen LogP contribution in [0.25, 0.3) is 0 Å². The molecule has 0 aromatic heterocycles. The van der Waals surface area contributed by atoms with E-state index in [9.17, 15) is 8.42 Å². The summed E-state index contributed by atoms with van der Waals surface area (Å²) in [7, 11) is -3.67. The van der Waals surface area contributed by atoms with Crippen molar-refractivity contribution in [1.82, 2.24) is 0 Å². The van der Waals surface area contributed by atoms with Gasteiger partial charge in [0.05, 0.1) is 0 Å². The molecule has 0 atom stereocenters. The van der Waals surface area contributed by atoms with E-state index in [1.54, 1.807) is 0 Å². The quantitative estimate of drug-likeness (QED) is 0.541. The fourth-order valence-corrected chi connectivity index (χ4v) is 2.22. The minimum atomic E-state index is -3.67. The third-order valence-corrected chi connectivity index (χ3v) is 2.58. The molecular weight excluding hydrogens is 235 g/mol. The van der Waals surface area contributed by atoms with Gasteiger partial charge in [-0.15, -0.1) is 0 Å². The molecule has 0 heterocycles. The summed E-state index contributed by atoms with van der Waals surface area (Å²) in [5, 5.41) is 0. The van der Waals surface area contributed by atoms with Crippen molar-refractivity contribution in [3.8, 4) is 0 Å². The van der Waals surface area contributed by atoms with E-state index in [1.807, 2.05) is 0 Å². The maximum absolute atomic E-state index is 9.96. The third-order valence-electron chi connectivity index (χ3n) is 0.606. The molecule has 0 rings (SSSR count). The van der Waals surface area contributed by atoms with E-state index in [-0.39, 0.29) is 5.75 Å². The fourth-order valence-electron chi connectivity index (χ4n) is 0.266. The van der Waals surface area contributed by atoms with Crippen LogP contribution in [0.4, 0.5) is 0 Å². The Balaban J connectivity index is 3.42. The van der Waals surface area contributed by atoms with Crippen LogP contribution >= 0.6 is 0 Å². The van der Waals surface area contributed by atoms with E-state index in [0.717, 1.165) is 27.0 Å². The molecule has 0 amide bonds. The summed E-state index contributed by atoms with van der Waals surface area (Å²) < 4.78 is 29.0. The molecule has 3 nitrogen and oxygen atoms in total. The molecule has 0 unspecified atom stereocenters. The minimum absolute atomic E-state index is 0.0751. The zero-order chi connectivity index (χ0) is 6.62. The molecular formula is C3H8O3SSn. The Labute approximate surface area is 62.3 Å². The zero-order valence-electron chi connectivity index (χ0n) is 4.37. The molecule has 48 valence electrons. The van der Waals surface area contributed by atoms with E-state index in [0.29, 0.717) is 6.42 Å². The van der Waals surface area contributed by atoms with Crippen LogP contribution in [-0.2, 0) is 10.1 Å². The molecule has 0 saturated heterocycles. The first kappa shape index (κ1) is 8.71. The predicted octanol–water partition coefficient (Wildman–Crippen LogP) is -0.417. The molecule has 8 heavy (non-hydrogen) atoms. The van der Waals surface area contributed by atoms with Gasteiger partial charge in [-0.1, -0.05) is 0 Å². The summed E-state index contributed by atoms with van der Waals surface area (Å²) in [4.78, 5) is 0. The molecule has 1 N–H and O–H groups in total. The summed E-state index contributed by atoms with van der Waals surface area (Å²) in [5.41, 5.74) is 0. The average Bonchev–Trinajstić information content (AvgIpc) is 1.59. The second-order valence-electron chi connectivity index (χ2n) is 1.43. The van der Waals surface area contributed by atoms with Gasteiger partial charge in [-0.3, -0.25) is 0 Å². The van der Waals surface area contributed by atoms with E-state index in [2.05, 4.69) is 0 Å². The SMILES string of the molecule is O=S(=O)(O)CC[CH2][SnH]. The molecule has 0 bridgehead atoms. The van der Waals surface area contributed by atoms with Crippen molar-refractivity contribution in [2.75, 3.05) is 5.75 Å². The topological polar surface area (TPSA) is 54.4 Å². The van der Waals surface area contributed by atoms with Crippen LogP contribution in [0, 0.1) is 0 Å². The summed E-state index contributed by atoms with van der Waals surface area (Å²) in [5.74, 6) is -0.0751. The van der Waals surface area contributed by atoms with Crippen molar-refractivity contribution >= 4 is 32.6 Å². The molecule has 0 aromatic carbocycles. The Morgan fingerprint density at radius 2 is 2.00 bits per heavy atom. The monoisotopic (exact) mass is 244 g/mol. The molecule has 2 radical (unpaired) electrons. The van der Waals surface area contributed by atoms with Crippen molar-refractivity contribution in [3.05, 3.63) is 0 Å². The first-order valence-electron chi connectivity index (χ1n) is 2.21. The van der Waals surface area contributed by atoms with Gasteiger partial charge in [0.2, 0.25) is 0 Å². The normalized spacial score (nSPS) is 11.8. The van der Waals surface area contributed by atoms with Crippen molar-refractivity contribution in [2.24, 2.45) is 0 Å². The Kier molecular flexibility index (Phi) is 4.01. The predicted molar refractivity (Wildman–Crippen MR) is 33.0 cm³/mol. The van der Waals surface area contributed by atoms with E-state index in [4.69, 9.17) is 4.55 Å². The summed E-state index contributed by atoms with van der Waals surface area (Å²) in [6.07, 6.45) is 0.598. The second kappa shape index (κ2) is 3.68. The molecule has 0 fully saturated rings. The molecule has 0 saturated carbocycles. The molecule has 0 aliphatic heterocycles. The van der Waals surface area contributed by atoms with E-state index < -0.39 is 10.1 Å². The number of hydrogen-bond acceptors (Lipinski definition) is 2. The van der Waals surface area contributed by atoms with Crippen LogP contribution in [0.3, 0.4) is 0 Å².